The minimum Gasteiger partial charge on any atom is -0.335 e. The van der Waals surface area contributed by atoms with Gasteiger partial charge in [-0.15, -0.1) is 11.3 Å². The van der Waals surface area contributed by atoms with Crippen molar-refractivity contribution in [3.8, 4) is 0 Å². The molecule has 0 atom stereocenters. The molecule has 0 aliphatic carbocycles. The summed E-state index contributed by atoms with van der Waals surface area (Å²) < 4.78 is 3.18. The van der Waals surface area contributed by atoms with E-state index in [1.165, 1.54) is 11.8 Å². The number of pyridine rings is 1. The molecule has 3 heterocycles. The Hall–Kier alpha value is -2.63. The Balaban J connectivity index is 1.60. The van der Waals surface area contributed by atoms with Gasteiger partial charge in [-0.25, -0.2) is 4.98 Å². The number of carbonyl (C=O) groups is 1. The average molecular weight is 382 g/mol. The van der Waals surface area contributed by atoms with Crippen molar-refractivity contribution in [3.63, 3.8) is 0 Å². The summed E-state index contributed by atoms with van der Waals surface area (Å²) in [7, 11) is 0. The highest BCUT2D eigenvalue weighted by Gasteiger charge is 2.17. The molecule has 1 amide bonds. The van der Waals surface area contributed by atoms with Crippen molar-refractivity contribution in [1.29, 1.82) is 0 Å². The first-order valence-electron chi connectivity index (χ1n) is 8.24. The van der Waals surface area contributed by atoms with Gasteiger partial charge in [-0.3, -0.25) is 4.79 Å². The summed E-state index contributed by atoms with van der Waals surface area (Å²) in [6, 6.07) is 17.7. The molecule has 4 aromatic rings. The number of aryl methyl sites for hydroxylation is 2. The molecular formula is C20H16ClN3OS. The summed E-state index contributed by atoms with van der Waals surface area (Å²) in [4.78, 5) is 16.9. The second kappa shape index (κ2) is 7.32. The fourth-order valence-electron chi connectivity index (χ4n) is 2.92. The van der Waals surface area contributed by atoms with Gasteiger partial charge in [-0.1, -0.05) is 41.9 Å². The smallest absolute Gasteiger partial charge is 0.273 e. The molecule has 1 aromatic carbocycles. The Bertz CT molecular complexity index is 1040. The van der Waals surface area contributed by atoms with Crippen molar-refractivity contribution in [3.05, 3.63) is 82.5 Å². The first-order valence-corrected chi connectivity index (χ1v) is 9.50. The topological polar surface area (TPSA) is 46.9 Å². The van der Waals surface area contributed by atoms with Crippen molar-refractivity contribution in [2.45, 2.75) is 13.0 Å². The minimum absolute atomic E-state index is 0.170. The third kappa shape index (κ3) is 3.49. The van der Waals surface area contributed by atoms with E-state index in [-0.39, 0.29) is 5.91 Å². The Morgan fingerprint density at radius 2 is 2.00 bits per heavy atom. The molecule has 26 heavy (non-hydrogen) atoms. The second-order valence-electron chi connectivity index (χ2n) is 5.90. The Morgan fingerprint density at radius 1 is 1.15 bits per heavy atom. The normalized spacial score (nSPS) is 11.0. The molecule has 0 bridgehead atoms. The molecule has 6 heteroatoms. The Kier molecular flexibility index (Phi) is 4.73. The summed E-state index contributed by atoms with van der Waals surface area (Å²) in [5, 5.41) is 5.43. The standard InChI is InChI=1S/C20H16ClN3OS/c21-15-6-7-19(22-13-15)23-20(25)17-12-18-16(9-11-26-18)24(17)10-8-14-4-2-1-3-5-14/h1-7,9,11-13H,8,10H2,(H,22,23,25). The van der Waals surface area contributed by atoms with Gasteiger partial charge in [-0.05, 0) is 41.6 Å². The molecule has 1 N–H and O–H groups in total. The van der Waals surface area contributed by atoms with Gasteiger partial charge in [0.25, 0.3) is 5.91 Å². The molecule has 0 saturated carbocycles. The second-order valence-corrected chi connectivity index (χ2v) is 7.29. The molecule has 0 spiro atoms. The van der Waals surface area contributed by atoms with Crippen molar-refractivity contribution < 1.29 is 4.79 Å². The maximum Gasteiger partial charge on any atom is 0.273 e. The number of rotatable bonds is 5. The summed E-state index contributed by atoms with van der Waals surface area (Å²) >= 11 is 7.49. The monoisotopic (exact) mass is 381 g/mol. The predicted octanol–water partition coefficient (Wildman–Crippen LogP) is 5.25. The van der Waals surface area contributed by atoms with E-state index in [4.69, 9.17) is 11.6 Å². The van der Waals surface area contributed by atoms with Crippen LogP contribution in [0.5, 0.6) is 0 Å². The van der Waals surface area contributed by atoms with Crippen LogP contribution < -0.4 is 5.32 Å². The number of nitrogens with one attached hydrogen (secondary N) is 1. The zero-order valence-corrected chi connectivity index (χ0v) is 15.4. The maximum absolute atomic E-state index is 12.8. The lowest BCUT2D eigenvalue weighted by atomic mass is 10.1. The number of hydrogen-bond donors (Lipinski definition) is 1. The molecule has 0 aliphatic heterocycles. The molecule has 0 radical (unpaired) electrons. The lowest BCUT2D eigenvalue weighted by Crippen LogP contribution is -2.18. The van der Waals surface area contributed by atoms with Gasteiger partial charge in [0.05, 0.1) is 15.2 Å². The van der Waals surface area contributed by atoms with Gasteiger partial charge >= 0.3 is 0 Å². The van der Waals surface area contributed by atoms with Crippen molar-refractivity contribution >= 4 is 44.9 Å². The highest BCUT2D eigenvalue weighted by Crippen LogP contribution is 2.26. The quantitative estimate of drug-likeness (QED) is 0.513. The zero-order chi connectivity index (χ0) is 17.9. The number of carbonyl (C=O) groups excluding carboxylic acids is 1. The Morgan fingerprint density at radius 3 is 2.77 bits per heavy atom. The highest BCUT2D eigenvalue weighted by molar-refractivity contribution is 7.17. The van der Waals surface area contributed by atoms with Crippen molar-refractivity contribution in [1.82, 2.24) is 9.55 Å². The van der Waals surface area contributed by atoms with Crippen LogP contribution in [0.25, 0.3) is 10.2 Å². The first kappa shape index (κ1) is 16.8. The fourth-order valence-corrected chi connectivity index (χ4v) is 3.86. The molecule has 4 rings (SSSR count). The number of anilines is 1. The van der Waals surface area contributed by atoms with E-state index in [9.17, 15) is 4.79 Å². The van der Waals surface area contributed by atoms with Crippen LogP contribution in [0.15, 0.2) is 66.2 Å². The number of halogens is 1. The molecule has 0 fully saturated rings. The van der Waals surface area contributed by atoms with E-state index in [1.54, 1.807) is 23.5 Å². The highest BCUT2D eigenvalue weighted by atomic mass is 35.5. The van der Waals surface area contributed by atoms with Crippen LogP contribution >= 0.6 is 22.9 Å². The molecule has 0 saturated heterocycles. The van der Waals surface area contributed by atoms with Crippen molar-refractivity contribution in [2.24, 2.45) is 0 Å². The maximum atomic E-state index is 12.8. The molecule has 0 unspecified atom stereocenters. The van der Waals surface area contributed by atoms with Gasteiger partial charge in [-0.2, -0.15) is 0 Å². The average Bonchev–Trinajstić information content (AvgIpc) is 3.24. The summed E-state index contributed by atoms with van der Waals surface area (Å²) in [5.41, 5.74) is 2.97. The number of benzene rings is 1. The van der Waals surface area contributed by atoms with Gasteiger partial charge in [0.2, 0.25) is 0 Å². The SMILES string of the molecule is O=C(Nc1ccc(Cl)cn1)c1cc2sccc2n1CCc1ccccc1. The molecular weight excluding hydrogens is 366 g/mol. The molecule has 0 aliphatic rings. The molecule has 4 nitrogen and oxygen atoms in total. The van der Waals surface area contributed by atoms with Gasteiger partial charge in [0, 0.05) is 12.7 Å². The molecule has 3 aromatic heterocycles. The lowest BCUT2D eigenvalue weighted by molar-refractivity contribution is 0.101. The first-order chi connectivity index (χ1) is 12.7. The van der Waals surface area contributed by atoms with Crippen LogP contribution in [0, 0.1) is 0 Å². The lowest BCUT2D eigenvalue weighted by Gasteiger charge is -2.11. The van der Waals surface area contributed by atoms with Crippen LogP contribution in [0.2, 0.25) is 5.02 Å². The number of amides is 1. The van der Waals surface area contributed by atoms with E-state index in [0.717, 1.165) is 23.2 Å². The van der Waals surface area contributed by atoms with Gasteiger partial charge in [0.1, 0.15) is 11.5 Å². The van der Waals surface area contributed by atoms with E-state index in [2.05, 4.69) is 33.1 Å². The predicted molar refractivity (Wildman–Crippen MR) is 107 cm³/mol. The summed E-state index contributed by atoms with van der Waals surface area (Å²) in [5.74, 6) is 0.315. The van der Waals surface area contributed by atoms with E-state index < -0.39 is 0 Å². The van der Waals surface area contributed by atoms with Crippen LogP contribution in [-0.4, -0.2) is 15.5 Å². The number of nitrogens with zero attached hydrogens (tertiary/aromatic N) is 2. The van der Waals surface area contributed by atoms with Crippen LogP contribution in [0.1, 0.15) is 16.1 Å². The largest absolute Gasteiger partial charge is 0.335 e. The van der Waals surface area contributed by atoms with Crippen LogP contribution in [0.3, 0.4) is 0 Å². The Labute approximate surface area is 160 Å². The van der Waals surface area contributed by atoms with E-state index in [1.807, 2.05) is 29.6 Å². The minimum atomic E-state index is -0.170. The van der Waals surface area contributed by atoms with E-state index in [0.29, 0.717) is 16.5 Å². The van der Waals surface area contributed by atoms with Crippen LogP contribution in [0.4, 0.5) is 5.82 Å². The number of aromatic nitrogens is 2. The number of hydrogen-bond acceptors (Lipinski definition) is 3. The number of thiophene rings is 1. The van der Waals surface area contributed by atoms with Gasteiger partial charge < -0.3 is 9.88 Å². The fraction of sp³-hybridized carbons (Fsp3) is 0.100. The third-order valence-corrected chi connectivity index (χ3v) is 5.27. The summed E-state index contributed by atoms with van der Waals surface area (Å²) in [6.07, 6.45) is 2.38. The molecule has 130 valence electrons. The van der Waals surface area contributed by atoms with E-state index >= 15 is 0 Å². The summed E-state index contributed by atoms with van der Waals surface area (Å²) in [6.45, 7) is 0.737. The zero-order valence-electron chi connectivity index (χ0n) is 13.9. The van der Waals surface area contributed by atoms with Crippen molar-refractivity contribution in [2.75, 3.05) is 5.32 Å². The third-order valence-electron chi connectivity index (χ3n) is 4.19. The number of fused-ring (bicyclic) bond motifs is 1. The van der Waals surface area contributed by atoms with Gasteiger partial charge in [0.15, 0.2) is 0 Å². The van der Waals surface area contributed by atoms with Crippen LogP contribution in [-0.2, 0) is 13.0 Å².